The number of nitrogens with zero attached hydrogens (tertiary/aromatic N) is 1. The second kappa shape index (κ2) is 5.18. The Morgan fingerprint density at radius 2 is 2.00 bits per heavy atom. The predicted molar refractivity (Wildman–Crippen MR) is 83.1 cm³/mol. The van der Waals surface area contributed by atoms with Gasteiger partial charge in [0.25, 0.3) is 5.91 Å². The molecule has 0 radical (unpaired) electrons. The molecule has 5 nitrogen and oxygen atoms in total. The minimum atomic E-state index is -0.389. The number of rotatable bonds is 2. The fraction of sp³-hybridized carbons (Fsp3) is 0.176. The normalized spacial score (nSPS) is 16.9. The van der Waals surface area contributed by atoms with Crippen molar-refractivity contribution >= 4 is 17.9 Å². The first kappa shape index (κ1) is 14.1. The quantitative estimate of drug-likeness (QED) is 0.836. The molecule has 2 N–H and O–H groups in total. The number of anilines is 1. The molecule has 0 saturated heterocycles. The first-order valence-electron chi connectivity index (χ1n) is 6.94. The van der Waals surface area contributed by atoms with Gasteiger partial charge in [0.2, 0.25) is 0 Å². The number of fused-ring (bicyclic) bond motifs is 1. The molecule has 0 aromatic heterocycles. The van der Waals surface area contributed by atoms with Crippen LogP contribution in [-0.4, -0.2) is 29.2 Å². The summed E-state index contributed by atoms with van der Waals surface area (Å²) in [6, 6.07) is 10.7. The monoisotopic (exact) mass is 296 g/mol. The first-order valence-corrected chi connectivity index (χ1v) is 6.94. The number of carbonyl (C=O) groups is 2. The van der Waals surface area contributed by atoms with Crippen molar-refractivity contribution in [1.82, 2.24) is 4.90 Å². The number of para-hydroxylation sites is 1. The van der Waals surface area contributed by atoms with Gasteiger partial charge in [0, 0.05) is 12.7 Å². The zero-order valence-electron chi connectivity index (χ0n) is 12.3. The maximum absolute atomic E-state index is 12.5. The number of aldehydes is 1. The van der Waals surface area contributed by atoms with Gasteiger partial charge in [-0.3, -0.25) is 9.59 Å². The topological polar surface area (TPSA) is 69.6 Å². The minimum Gasteiger partial charge on any atom is -0.507 e. The molecular weight excluding hydrogens is 280 g/mol. The minimum absolute atomic E-state index is 0.0241. The van der Waals surface area contributed by atoms with Gasteiger partial charge >= 0.3 is 0 Å². The molecule has 3 rings (SSSR count). The lowest BCUT2D eigenvalue weighted by atomic mass is 10.00. The molecule has 2 aromatic carbocycles. The fourth-order valence-electron chi connectivity index (χ4n) is 2.74. The van der Waals surface area contributed by atoms with Crippen LogP contribution in [0.5, 0.6) is 5.75 Å². The van der Waals surface area contributed by atoms with Gasteiger partial charge in [0.15, 0.2) is 6.29 Å². The van der Waals surface area contributed by atoms with Crippen LogP contribution in [-0.2, 0) is 0 Å². The molecule has 0 spiro atoms. The van der Waals surface area contributed by atoms with Crippen molar-refractivity contribution in [2.75, 3.05) is 12.4 Å². The van der Waals surface area contributed by atoms with Gasteiger partial charge in [-0.1, -0.05) is 12.1 Å². The molecule has 2 aromatic rings. The summed E-state index contributed by atoms with van der Waals surface area (Å²) in [4.78, 5) is 25.2. The molecule has 1 aliphatic rings. The molecule has 1 amide bonds. The van der Waals surface area contributed by atoms with Gasteiger partial charge in [0.05, 0.1) is 11.1 Å². The van der Waals surface area contributed by atoms with Crippen LogP contribution in [0.25, 0.3) is 0 Å². The summed E-state index contributed by atoms with van der Waals surface area (Å²) in [5.41, 5.74) is 2.95. The average molecular weight is 296 g/mol. The number of benzene rings is 2. The summed E-state index contributed by atoms with van der Waals surface area (Å²) < 4.78 is 0. The Bertz CT molecular complexity index is 770. The van der Waals surface area contributed by atoms with Gasteiger partial charge in [-0.15, -0.1) is 0 Å². The Labute approximate surface area is 128 Å². The molecule has 1 atom stereocenters. The Morgan fingerprint density at radius 1 is 1.27 bits per heavy atom. The second-order valence-corrected chi connectivity index (χ2v) is 5.40. The summed E-state index contributed by atoms with van der Waals surface area (Å²) in [5.74, 6) is -0.110. The molecule has 0 fully saturated rings. The molecule has 1 heterocycles. The fourth-order valence-corrected chi connectivity index (χ4v) is 2.74. The van der Waals surface area contributed by atoms with Crippen LogP contribution in [0.4, 0.5) is 5.69 Å². The summed E-state index contributed by atoms with van der Waals surface area (Å²) in [5, 5.41) is 13.2. The van der Waals surface area contributed by atoms with E-state index >= 15 is 0 Å². The smallest absolute Gasteiger partial charge is 0.257 e. The van der Waals surface area contributed by atoms with Gasteiger partial charge in [-0.2, -0.15) is 0 Å². The van der Waals surface area contributed by atoms with Crippen LogP contribution >= 0.6 is 0 Å². The largest absolute Gasteiger partial charge is 0.507 e. The van der Waals surface area contributed by atoms with Gasteiger partial charge in [-0.25, -0.2) is 0 Å². The zero-order chi connectivity index (χ0) is 15.9. The van der Waals surface area contributed by atoms with E-state index in [0.717, 1.165) is 11.3 Å². The SMILES string of the molecule is Cc1cc(C2Nc3ccccc3C(=O)N2C)cc(C=O)c1O. The molecule has 0 saturated carbocycles. The third-order valence-electron chi connectivity index (χ3n) is 3.95. The summed E-state index contributed by atoms with van der Waals surface area (Å²) in [7, 11) is 1.71. The summed E-state index contributed by atoms with van der Waals surface area (Å²) in [6.45, 7) is 1.73. The zero-order valence-corrected chi connectivity index (χ0v) is 12.3. The average Bonchev–Trinajstić information content (AvgIpc) is 2.53. The lowest BCUT2D eigenvalue weighted by Crippen LogP contribution is -2.40. The number of carbonyl (C=O) groups excluding carboxylic acids is 2. The molecule has 112 valence electrons. The number of aryl methyl sites for hydroxylation is 1. The highest BCUT2D eigenvalue weighted by Gasteiger charge is 2.30. The van der Waals surface area contributed by atoms with Gasteiger partial charge in [0.1, 0.15) is 11.9 Å². The van der Waals surface area contributed by atoms with E-state index in [2.05, 4.69) is 5.32 Å². The number of phenols is 1. The first-order chi connectivity index (χ1) is 10.5. The van der Waals surface area contributed by atoms with Crippen molar-refractivity contribution in [1.29, 1.82) is 0 Å². The van der Waals surface area contributed by atoms with E-state index in [4.69, 9.17) is 0 Å². The molecule has 0 aliphatic carbocycles. The van der Waals surface area contributed by atoms with E-state index in [-0.39, 0.29) is 23.4 Å². The van der Waals surface area contributed by atoms with Crippen molar-refractivity contribution in [2.45, 2.75) is 13.1 Å². The third-order valence-corrected chi connectivity index (χ3v) is 3.95. The number of hydrogen-bond acceptors (Lipinski definition) is 4. The van der Waals surface area contributed by atoms with E-state index in [0.29, 0.717) is 17.4 Å². The number of hydrogen-bond donors (Lipinski definition) is 2. The van der Waals surface area contributed by atoms with Crippen molar-refractivity contribution in [3.8, 4) is 5.75 Å². The molecule has 22 heavy (non-hydrogen) atoms. The maximum atomic E-state index is 12.5. The van der Waals surface area contributed by atoms with E-state index in [9.17, 15) is 14.7 Å². The lowest BCUT2D eigenvalue weighted by Gasteiger charge is -2.35. The Balaban J connectivity index is 2.08. The van der Waals surface area contributed by atoms with Crippen molar-refractivity contribution in [2.24, 2.45) is 0 Å². The summed E-state index contributed by atoms with van der Waals surface area (Å²) in [6.07, 6.45) is 0.227. The molecular formula is C17H16N2O3. The van der Waals surface area contributed by atoms with Crippen molar-refractivity contribution < 1.29 is 14.7 Å². The van der Waals surface area contributed by atoms with E-state index in [1.54, 1.807) is 37.1 Å². The highest BCUT2D eigenvalue weighted by Crippen LogP contribution is 2.34. The number of nitrogens with one attached hydrogen (secondary N) is 1. The Kier molecular flexibility index (Phi) is 3.33. The highest BCUT2D eigenvalue weighted by atomic mass is 16.3. The Morgan fingerprint density at radius 3 is 2.73 bits per heavy atom. The highest BCUT2D eigenvalue weighted by molar-refractivity contribution is 6.01. The van der Waals surface area contributed by atoms with E-state index < -0.39 is 0 Å². The number of aromatic hydroxyl groups is 1. The second-order valence-electron chi connectivity index (χ2n) is 5.40. The molecule has 5 heteroatoms. The Hall–Kier alpha value is -2.82. The van der Waals surface area contributed by atoms with Crippen LogP contribution in [0.3, 0.4) is 0 Å². The van der Waals surface area contributed by atoms with E-state index in [1.807, 2.05) is 18.2 Å². The van der Waals surface area contributed by atoms with Crippen LogP contribution < -0.4 is 5.32 Å². The lowest BCUT2D eigenvalue weighted by molar-refractivity contribution is 0.0735. The van der Waals surface area contributed by atoms with Crippen molar-refractivity contribution in [3.05, 3.63) is 58.7 Å². The maximum Gasteiger partial charge on any atom is 0.257 e. The number of phenolic OH excluding ortho intramolecular Hbond substituents is 1. The van der Waals surface area contributed by atoms with Gasteiger partial charge < -0.3 is 15.3 Å². The molecule has 0 bridgehead atoms. The van der Waals surface area contributed by atoms with Crippen LogP contribution in [0.1, 0.15) is 38.0 Å². The summed E-state index contributed by atoms with van der Waals surface area (Å²) >= 11 is 0. The number of amides is 1. The third kappa shape index (κ3) is 2.11. The van der Waals surface area contributed by atoms with E-state index in [1.165, 1.54) is 0 Å². The molecule has 1 aliphatic heterocycles. The predicted octanol–water partition coefficient (Wildman–Crippen LogP) is 2.71. The van der Waals surface area contributed by atoms with Crippen LogP contribution in [0.15, 0.2) is 36.4 Å². The van der Waals surface area contributed by atoms with Crippen LogP contribution in [0, 0.1) is 6.92 Å². The van der Waals surface area contributed by atoms with Crippen LogP contribution in [0.2, 0.25) is 0 Å². The molecule has 1 unspecified atom stereocenters. The van der Waals surface area contributed by atoms with Crippen molar-refractivity contribution in [3.63, 3.8) is 0 Å². The standard InChI is InChI=1S/C17H16N2O3/c1-10-7-11(8-12(9-20)15(10)21)16-18-14-6-4-3-5-13(14)17(22)19(16)2/h3-9,16,18,21H,1-2H3. The van der Waals surface area contributed by atoms with Gasteiger partial charge in [-0.05, 0) is 42.3 Å².